The molecule has 8 heteroatoms. The van der Waals surface area contributed by atoms with E-state index in [4.69, 9.17) is 0 Å². The van der Waals surface area contributed by atoms with Gasteiger partial charge in [0.2, 0.25) is 0 Å². The molecule has 0 amide bonds. The standard InChI is InChI=1S/C20H14N4.4C6H7N/c1-2-14-10-16-5-6-18(23-16)12-20-8-7-19(24-20)11-17-4-3-15(22-17)9-13(1)21-14;4*1-6-4-2-3-5-7-6/h1-12,21,24H;4*2-5H,1H3. The summed E-state index contributed by atoms with van der Waals surface area (Å²) >= 11 is 0. The van der Waals surface area contributed by atoms with Crippen LogP contribution in [0.4, 0.5) is 0 Å². The highest BCUT2D eigenvalue weighted by Gasteiger charge is 2.01. The van der Waals surface area contributed by atoms with Gasteiger partial charge < -0.3 is 9.97 Å². The van der Waals surface area contributed by atoms with E-state index in [2.05, 4.69) is 64.1 Å². The van der Waals surface area contributed by atoms with E-state index in [0.717, 1.165) is 67.6 Å². The largest absolute Gasteiger partial charge is 0.355 e. The van der Waals surface area contributed by atoms with E-state index in [1.807, 2.05) is 149 Å². The number of aromatic amines is 2. The van der Waals surface area contributed by atoms with Gasteiger partial charge in [-0.25, -0.2) is 9.97 Å². The highest BCUT2D eigenvalue weighted by molar-refractivity contribution is 5.77. The number of nitrogens with one attached hydrogen (secondary N) is 2. The van der Waals surface area contributed by atoms with Gasteiger partial charge in [0.25, 0.3) is 0 Å². The average Bonchev–Trinajstić information content (AvgIpc) is 3.98. The number of H-pyrrole nitrogens is 2. The molecule has 9 heterocycles. The summed E-state index contributed by atoms with van der Waals surface area (Å²) in [6.07, 6.45) is 15.2. The van der Waals surface area contributed by atoms with E-state index in [1.54, 1.807) is 24.8 Å². The molecule has 0 saturated heterocycles. The van der Waals surface area contributed by atoms with Crippen molar-refractivity contribution in [2.45, 2.75) is 27.7 Å². The first-order valence-corrected chi connectivity index (χ1v) is 16.9. The van der Waals surface area contributed by atoms with E-state index in [9.17, 15) is 0 Å². The van der Waals surface area contributed by atoms with Crippen molar-refractivity contribution in [1.82, 2.24) is 39.9 Å². The molecule has 7 aromatic heterocycles. The monoisotopic (exact) mass is 682 g/mol. The number of hydrogen-bond acceptors (Lipinski definition) is 6. The molecule has 0 unspecified atom stereocenters. The first kappa shape index (κ1) is 36.5. The molecule has 8 bridgehead atoms. The Labute approximate surface area is 304 Å². The van der Waals surface area contributed by atoms with Gasteiger partial charge in [0.05, 0.1) is 22.8 Å². The van der Waals surface area contributed by atoms with Gasteiger partial charge in [0, 0.05) is 69.6 Å². The van der Waals surface area contributed by atoms with Crippen LogP contribution in [0, 0.1) is 27.7 Å². The molecular weight excluding hydrogens is 641 g/mol. The lowest BCUT2D eigenvalue weighted by Gasteiger charge is -1.85. The molecule has 2 N–H and O–H groups in total. The molecule has 0 spiro atoms. The maximum absolute atomic E-state index is 4.63. The van der Waals surface area contributed by atoms with Gasteiger partial charge >= 0.3 is 0 Å². The van der Waals surface area contributed by atoms with Crippen LogP contribution in [0.2, 0.25) is 0 Å². The predicted octanol–water partition coefficient (Wildman–Crippen LogP) is 10.2. The molecule has 52 heavy (non-hydrogen) atoms. The van der Waals surface area contributed by atoms with Crippen molar-refractivity contribution < 1.29 is 0 Å². The number of aromatic nitrogens is 8. The van der Waals surface area contributed by atoms with Gasteiger partial charge in [0.15, 0.2) is 0 Å². The van der Waals surface area contributed by atoms with Crippen molar-refractivity contribution in [3.05, 3.63) is 192 Å². The summed E-state index contributed by atoms with van der Waals surface area (Å²) in [5, 5.41) is 0. The molecule has 0 radical (unpaired) electrons. The van der Waals surface area contributed by atoms with Crippen molar-refractivity contribution in [1.29, 1.82) is 0 Å². The van der Waals surface area contributed by atoms with E-state index >= 15 is 0 Å². The molecule has 0 saturated carbocycles. The second-order valence-electron chi connectivity index (χ2n) is 11.8. The van der Waals surface area contributed by atoms with Crippen LogP contribution in [0.15, 0.2) is 146 Å². The number of rotatable bonds is 0. The van der Waals surface area contributed by atoms with Crippen LogP contribution in [0.25, 0.3) is 46.4 Å². The summed E-state index contributed by atoms with van der Waals surface area (Å²) in [4.78, 5) is 31.9. The molecule has 7 aromatic rings. The van der Waals surface area contributed by atoms with Crippen LogP contribution < -0.4 is 0 Å². The summed E-state index contributed by atoms with van der Waals surface area (Å²) < 4.78 is 0. The first-order valence-electron chi connectivity index (χ1n) is 16.9. The van der Waals surface area contributed by atoms with Gasteiger partial charge in [-0.1, -0.05) is 24.3 Å². The number of pyridine rings is 4. The van der Waals surface area contributed by atoms with Crippen molar-refractivity contribution in [2.75, 3.05) is 0 Å². The maximum Gasteiger partial charge on any atom is 0.0658 e. The zero-order valence-corrected chi connectivity index (χ0v) is 29.8. The fourth-order valence-corrected chi connectivity index (χ4v) is 4.74. The van der Waals surface area contributed by atoms with Crippen LogP contribution in [-0.2, 0) is 0 Å². The van der Waals surface area contributed by atoms with Gasteiger partial charge in [-0.2, -0.15) is 0 Å². The highest BCUT2D eigenvalue weighted by atomic mass is 14.8. The van der Waals surface area contributed by atoms with Gasteiger partial charge in [-0.3, -0.25) is 19.9 Å². The first-order chi connectivity index (χ1) is 25.4. The fraction of sp³-hybridized carbons (Fsp3) is 0.0909. The van der Waals surface area contributed by atoms with Crippen LogP contribution in [0.5, 0.6) is 0 Å². The van der Waals surface area contributed by atoms with E-state index in [1.165, 1.54) is 0 Å². The summed E-state index contributed by atoms with van der Waals surface area (Å²) in [6.45, 7) is 7.89. The average molecular weight is 683 g/mol. The number of nitrogens with zero attached hydrogens (tertiary/aromatic N) is 6. The third-order valence-corrected chi connectivity index (χ3v) is 7.29. The van der Waals surface area contributed by atoms with Gasteiger partial charge in [0.1, 0.15) is 0 Å². The zero-order chi connectivity index (χ0) is 36.4. The minimum absolute atomic E-state index is 0.939. The Balaban J connectivity index is 0.000000151. The van der Waals surface area contributed by atoms with Crippen LogP contribution >= 0.6 is 0 Å². The minimum atomic E-state index is 0.939. The third kappa shape index (κ3) is 12.9. The van der Waals surface area contributed by atoms with Crippen molar-refractivity contribution in [2.24, 2.45) is 0 Å². The SMILES string of the molecule is C1=Cc2cc3ccc(cc4nc(cc5ccc(cc1n2)[nH]5)C=C4)[nH]3.Cc1ccccn1.Cc1ccccn1.Cc1ccccn1.Cc1ccccn1. The topological polar surface area (TPSA) is 109 Å². The lowest BCUT2D eigenvalue weighted by atomic mass is 10.3. The van der Waals surface area contributed by atoms with Crippen molar-refractivity contribution in [3.8, 4) is 0 Å². The number of aryl methyl sites for hydroxylation is 4. The molecule has 258 valence electrons. The molecule has 2 aliphatic heterocycles. The third-order valence-electron chi connectivity index (χ3n) is 7.29. The molecule has 9 rings (SSSR count). The smallest absolute Gasteiger partial charge is 0.0658 e. The zero-order valence-electron chi connectivity index (χ0n) is 29.8. The highest BCUT2D eigenvalue weighted by Crippen LogP contribution is 2.17. The van der Waals surface area contributed by atoms with E-state index < -0.39 is 0 Å². The van der Waals surface area contributed by atoms with E-state index in [-0.39, 0.29) is 0 Å². The quantitative estimate of drug-likeness (QED) is 0.165. The lowest BCUT2D eigenvalue weighted by Crippen LogP contribution is -1.75. The molecule has 0 aromatic carbocycles. The van der Waals surface area contributed by atoms with Crippen LogP contribution in [0.1, 0.15) is 45.6 Å². The Bertz CT molecular complexity index is 2000. The van der Waals surface area contributed by atoms with Gasteiger partial charge in [-0.15, -0.1) is 0 Å². The summed E-state index contributed by atoms with van der Waals surface area (Å²) in [5.41, 5.74) is 12.1. The molecule has 8 nitrogen and oxygen atoms in total. The Morgan fingerprint density at radius 2 is 0.577 bits per heavy atom. The fourth-order valence-electron chi connectivity index (χ4n) is 4.74. The normalized spacial score (nSPS) is 10.5. The number of fused-ring (bicyclic) bond motifs is 8. The van der Waals surface area contributed by atoms with Crippen molar-refractivity contribution in [3.63, 3.8) is 0 Å². The Morgan fingerprint density at radius 3 is 0.750 bits per heavy atom. The summed E-state index contributed by atoms with van der Waals surface area (Å²) in [7, 11) is 0. The second-order valence-corrected chi connectivity index (χ2v) is 11.8. The van der Waals surface area contributed by atoms with Crippen LogP contribution in [-0.4, -0.2) is 39.9 Å². The lowest BCUT2D eigenvalue weighted by molar-refractivity contribution is 1.20. The predicted molar refractivity (Wildman–Crippen MR) is 215 cm³/mol. The molecular formula is C44H42N8. The summed E-state index contributed by atoms with van der Waals surface area (Å²) in [5.74, 6) is 0. The van der Waals surface area contributed by atoms with Gasteiger partial charge in [-0.05, 0) is 149 Å². The minimum Gasteiger partial charge on any atom is -0.355 e. The van der Waals surface area contributed by atoms with Crippen molar-refractivity contribution >= 4 is 46.4 Å². The molecule has 0 aliphatic carbocycles. The summed E-state index contributed by atoms with van der Waals surface area (Å²) in [6, 6.07) is 39.8. The Morgan fingerprint density at radius 1 is 0.327 bits per heavy atom. The maximum atomic E-state index is 4.63. The van der Waals surface area contributed by atoms with Crippen LogP contribution in [0.3, 0.4) is 0 Å². The molecule has 0 fully saturated rings. The number of hydrogen-bond donors (Lipinski definition) is 2. The Kier molecular flexibility index (Phi) is 13.6. The Hall–Kier alpha value is -6.80. The molecule has 0 atom stereocenters. The van der Waals surface area contributed by atoms with E-state index in [0.29, 0.717) is 0 Å². The molecule has 2 aliphatic rings. The second kappa shape index (κ2) is 19.4.